The number of nitrogens with one attached hydrogen (secondary N) is 2. The van der Waals surface area contributed by atoms with Crippen molar-refractivity contribution in [1.82, 2.24) is 19.8 Å². The number of hydrogen-bond acceptors (Lipinski definition) is 4. The van der Waals surface area contributed by atoms with Crippen LogP contribution in [0.2, 0.25) is 0 Å². The van der Waals surface area contributed by atoms with Gasteiger partial charge in [-0.05, 0) is 45.3 Å². The van der Waals surface area contributed by atoms with Crippen LogP contribution in [0, 0.1) is 0 Å². The molecule has 6 heteroatoms. The van der Waals surface area contributed by atoms with E-state index in [1.807, 2.05) is 10.8 Å². The van der Waals surface area contributed by atoms with E-state index in [1.54, 1.807) is 0 Å². The molecule has 2 aliphatic rings. The van der Waals surface area contributed by atoms with Gasteiger partial charge in [-0.1, -0.05) is 0 Å². The van der Waals surface area contributed by atoms with Gasteiger partial charge in [0, 0.05) is 25.8 Å². The second kappa shape index (κ2) is 6.26. The van der Waals surface area contributed by atoms with Crippen molar-refractivity contribution in [2.45, 2.75) is 32.2 Å². The van der Waals surface area contributed by atoms with E-state index >= 15 is 0 Å². The molecule has 0 radical (unpaired) electrons. The van der Waals surface area contributed by atoms with Crippen LogP contribution in [0.4, 0.5) is 5.95 Å². The van der Waals surface area contributed by atoms with Gasteiger partial charge in [-0.2, -0.15) is 0 Å². The Bertz CT molecular complexity index is 441. The minimum absolute atomic E-state index is 0.0601. The fraction of sp³-hybridized carbons (Fsp3) is 0.714. The van der Waals surface area contributed by atoms with Crippen LogP contribution in [0.5, 0.6) is 0 Å². The topological polar surface area (TPSA) is 62.2 Å². The van der Waals surface area contributed by atoms with Crippen LogP contribution >= 0.6 is 0 Å². The number of fused-ring (bicyclic) bond motifs is 1. The summed E-state index contributed by atoms with van der Waals surface area (Å²) in [7, 11) is 0. The van der Waals surface area contributed by atoms with Gasteiger partial charge in [0.25, 0.3) is 5.91 Å². The number of carbonyl (C=O) groups is 1. The van der Waals surface area contributed by atoms with Gasteiger partial charge in [-0.15, -0.1) is 0 Å². The summed E-state index contributed by atoms with van der Waals surface area (Å²) in [6.45, 7) is 6.12. The van der Waals surface area contributed by atoms with Crippen LogP contribution < -0.4 is 10.6 Å². The van der Waals surface area contributed by atoms with Crippen LogP contribution in [0.25, 0.3) is 0 Å². The van der Waals surface area contributed by atoms with Gasteiger partial charge in [-0.3, -0.25) is 4.79 Å². The Kier molecular flexibility index (Phi) is 4.20. The van der Waals surface area contributed by atoms with E-state index in [4.69, 9.17) is 0 Å². The molecule has 0 atom stereocenters. The molecule has 1 fully saturated rings. The van der Waals surface area contributed by atoms with E-state index in [0.29, 0.717) is 5.69 Å². The lowest BCUT2D eigenvalue weighted by atomic mass is 10.3. The van der Waals surface area contributed by atoms with Gasteiger partial charge in [0.15, 0.2) is 0 Å². The molecule has 110 valence electrons. The van der Waals surface area contributed by atoms with Gasteiger partial charge in [-0.25, -0.2) is 4.98 Å². The molecular formula is C14H23N5O. The van der Waals surface area contributed by atoms with E-state index in [9.17, 15) is 4.79 Å². The first-order valence-electron chi connectivity index (χ1n) is 7.64. The van der Waals surface area contributed by atoms with Crippen molar-refractivity contribution < 1.29 is 4.79 Å². The number of imidazole rings is 1. The molecule has 0 bridgehead atoms. The lowest BCUT2D eigenvalue weighted by molar-refractivity contribution is 0.0947. The van der Waals surface area contributed by atoms with E-state index in [-0.39, 0.29) is 5.91 Å². The van der Waals surface area contributed by atoms with Gasteiger partial charge in [0.1, 0.15) is 5.69 Å². The number of rotatable bonds is 5. The molecule has 2 N–H and O–H groups in total. The van der Waals surface area contributed by atoms with Crippen molar-refractivity contribution in [2.24, 2.45) is 0 Å². The van der Waals surface area contributed by atoms with Crippen LogP contribution in [0.15, 0.2) is 6.20 Å². The number of nitrogens with zero attached hydrogens (tertiary/aromatic N) is 3. The van der Waals surface area contributed by atoms with Crippen LogP contribution in [-0.4, -0.2) is 53.1 Å². The summed E-state index contributed by atoms with van der Waals surface area (Å²) in [5.74, 6) is 0.758. The van der Waals surface area contributed by atoms with Gasteiger partial charge < -0.3 is 20.1 Å². The molecule has 1 aromatic heterocycles. The summed E-state index contributed by atoms with van der Waals surface area (Å²) in [6, 6.07) is 0. The Labute approximate surface area is 119 Å². The molecule has 1 saturated heterocycles. The lowest BCUT2D eigenvalue weighted by Gasteiger charge is -2.14. The summed E-state index contributed by atoms with van der Waals surface area (Å²) >= 11 is 0. The Hall–Kier alpha value is -1.56. The number of aromatic nitrogens is 2. The average Bonchev–Trinajstić information content (AvgIpc) is 3.12. The van der Waals surface area contributed by atoms with Crippen molar-refractivity contribution in [1.29, 1.82) is 0 Å². The van der Waals surface area contributed by atoms with Crippen molar-refractivity contribution in [2.75, 3.05) is 38.0 Å². The Morgan fingerprint density at radius 1 is 1.30 bits per heavy atom. The van der Waals surface area contributed by atoms with E-state index in [0.717, 1.165) is 45.0 Å². The Morgan fingerprint density at radius 3 is 2.95 bits per heavy atom. The zero-order valence-corrected chi connectivity index (χ0v) is 11.9. The molecule has 3 rings (SSSR count). The van der Waals surface area contributed by atoms with Gasteiger partial charge in [0.05, 0.1) is 0 Å². The molecule has 3 heterocycles. The summed E-state index contributed by atoms with van der Waals surface area (Å²) in [6.07, 6.45) is 6.58. The molecule has 1 aromatic rings. The van der Waals surface area contributed by atoms with Crippen LogP contribution in [0.1, 0.15) is 36.2 Å². The van der Waals surface area contributed by atoms with E-state index < -0.39 is 0 Å². The second-order valence-electron chi connectivity index (χ2n) is 5.58. The van der Waals surface area contributed by atoms with Crippen molar-refractivity contribution in [3.8, 4) is 0 Å². The zero-order chi connectivity index (χ0) is 13.8. The fourth-order valence-corrected chi connectivity index (χ4v) is 2.89. The average molecular weight is 277 g/mol. The summed E-state index contributed by atoms with van der Waals surface area (Å²) in [4.78, 5) is 18.8. The molecule has 0 saturated carbocycles. The molecular weight excluding hydrogens is 254 g/mol. The normalized spacial score (nSPS) is 18.6. The number of aryl methyl sites for hydroxylation is 1. The maximum atomic E-state index is 12.0. The van der Waals surface area contributed by atoms with Crippen LogP contribution in [-0.2, 0) is 6.54 Å². The monoisotopic (exact) mass is 277 g/mol. The minimum Gasteiger partial charge on any atom is -0.356 e. The second-order valence-corrected chi connectivity index (χ2v) is 5.58. The third-order valence-electron chi connectivity index (χ3n) is 4.00. The molecule has 2 aliphatic heterocycles. The third-order valence-corrected chi connectivity index (χ3v) is 4.00. The van der Waals surface area contributed by atoms with Gasteiger partial charge >= 0.3 is 0 Å². The molecule has 0 spiro atoms. The fourth-order valence-electron chi connectivity index (χ4n) is 2.89. The maximum absolute atomic E-state index is 12.0. The molecule has 1 amide bonds. The highest BCUT2D eigenvalue weighted by Crippen LogP contribution is 2.13. The maximum Gasteiger partial charge on any atom is 0.271 e. The molecule has 0 unspecified atom stereocenters. The first kappa shape index (κ1) is 13.4. The minimum atomic E-state index is -0.0601. The highest BCUT2D eigenvalue weighted by atomic mass is 16.1. The van der Waals surface area contributed by atoms with Crippen molar-refractivity contribution >= 4 is 11.9 Å². The summed E-state index contributed by atoms with van der Waals surface area (Å²) in [5, 5.41) is 6.17. The van der Waals surface area contributed by atoms with E-state index in [1.165, 1.54) is 25.9 Å². The number of hydrogen-bond donors (Lipinski definition) is 2. The zero-order valence-electron chi connectivity index (χ0n) is 11.9. The number of likely N-dealkylation sites (tertiary alicyclic amines) is 1. The largest absolute Gasteiger partial charge is 0.356 e. The molecule has 20 heavy (non-hydrogen) atoms. The molecule has 0 aromatic carbocycles. The smallest absolute Gasteiger partial charge is 0.271 e. The molecule has 0 aliphatic carbocycles. The quantitative estimate of drug-likeness (QED) is 0.786. The molecule has 6 nitrogen and oxygen atoms in total. The summed E-state index contributed by atoms with van der Waals surface area (Å²) in [5.41, 5.74) is 0.524. The van der Waals surface area contributed by atoms with Crippen LogP contribution in [0.3, 0.4) is 0 Å². The number of anilines is 1. The first-order valence-corrected chi connectivity index (χ1v) is 7.64. The lowest BCUT2D eigenvalue weighted by Crippen LogP contribution is -2.28. The highest BCUT2D eigenvalue weighted by Gasteiger charge is 2.16. The third kappa shape index (κ3) is 3.12. The predicted molar refractivity (Wildman–Crippen MR) is 78.0 cm³/mol. The number of carbonyl (C=O) groups excluding carboxylic acids is 1. The summed E-state index contributed by atoms with van der Waals surface area (Å²) < 4.78 is 2.02. The predicted octanol–water partition coefficient (Wildman–Crippen LogP) is 0.914. The Morgan fingerprint density at radius 2 is 2.15 bits per heavy atom. The number of amides is 1. The van der Waals surface area contributed by atoms with Crippen molar-refractivity contribution in [3.05, 3.63) is 11.9 Å². The first-order chi connectivity index (χ1) is 9.83. The standard InChI is InChI=1S/C14H23N5O/c20-13(15-5-3-9-18-7-1-2-8-18)12-11-19-10-4-6-16-14(19)17-12/h11H,1-10H2,(H,15,20)(H,16,17). The SMILES string of the molecule is O=C(NCCCN1CCCC1)c1cn2c(n1)NCCC2. The van der Waals surface area contributed by atoms with Gasteiger partial charge in [0.2, 0.25) is 5.95 Å². The highest BCUT2D eigenvalue weighted by molar-refractivity contribution is 5.92. The Balaban J connectivity index is 1.43. The van der Waals surface area contributed by atoms with Crippen molar-refractivity contribution in [3.63, 3.8) is 0 Å². The van der Waals surface area contributed by atoms with E-state index in [2.05, 4.69) is 20.5 Å².